The standard InChI is InChI=1S/C29H30N6O4S/c1-16-8-18-9-17(2)23(16)13-30-14-26(36)34-20-5-7-25(40(3)39)19(10-20)12-31-29(38)27(18)35-21-4-6-24-22(11-21)28(37)33-15-32-24/h4-11,15,27,30,35H,12-14H2,1-3H3,(H,31,38)(H,34,36)(H,32,33,37). The molecule has 0 saturated heterocycles. The molecule has 5 N–H and O–H groups in total. The van der Waals surface area contributed by atoms with Crippen molar-refractivity contribution < 1.29 is 13.8 Å². The molecule has 40 heavy (non-hydrogen) atoms. The fraction of sp³-hybridized carbons (Fsp3) is 0.241. The molecule has 0 fully saturated rings. The number of nitrogens with one attached hydrogen (secondary N) is 5. The Balaban J connectivity index is 1.56. The van der Waals surface area contributed by atoms with Gasteiger partial charge < -0.3 is 26.3 Å². The van der Waals surface area contributed by atoms with Crippen LogP contribution in [0.15, 0.2) is 64.5 Å². The maximum Gasteiger partial charge on any atom is 0.258 e. The van der Waals surface area contributed by atoms with Gasteiger partial charge in [-0.3, -0.25) is 18.6 Å². The number of rotatable bonds is 3. The van der Waals surface area contributed by atoms with Crippen LogP contribution in [0.2, 0.25) is 0 Å². The number of fused-ring (bicyclic) bond motifs is 10. The smallest absolute Gasteiger partial charge is 0.258 e. The molecule has 6 rings (SSSR count). The molecule has 1 aromatic heterocycles. The fourth-order valence-corrected chi connectivity index (χ4v) is 5.72. The Labute approximate surface area is 233 Å². The van der Waals surface area contributed by atoms with Crippen LogP contribution in [0.3, 0.4) is 0 Å². The van der Waals surface area contributed by atoms with E-state index in [1.54, 1.807) is 42.7 Å². The van der Waals surface area contributed by atoms with Crippen molar-refractivity contribution in [1.29, 1.82) is 0 Å². The van der Waals surface area contributed by atoms with Crippen LogP contribution >= 0.6 is 0 Å². The molecule has 0 spiro atoms. The molecule has 4 bridgehead atoms. The van der Waals surface area contributed by atoms with Crippen LogP contribution in [0.5, 0.6) is 0 Å². The van der Waals surface area contributed by atoms with Gasteiger partial charge in [-0.15, -0.1) is 0 Å². The second-order valence-electron chi connectivity index (χ2n) is 9.82. The summed E-state index contributed by atoms with van der Waals surface area (Å²) in [6.45, 7) is 4.65. The zero-order valence-corrected chi connectivity index (χ0v) is 23.2. The number of carbonyl (C=O) groups is 2. The lowest BCUT2D eigenvalue weighted by Crippen LogP contribution is -2.34. The zero-order chi connectivity index (χ0) is 28.4. The Kier molecular flexibility index (Phi) is 7.76. The van der Waals surface area contributed by atoms with E-state index in [4.69, 9.17) is 0 Å². The number of hydrogen-bond acceptors (Lipinski definition) is 7. The molecule has 2 amide bonds. The summed E-state index contributed by atoms with van der Waals surface area (Å²) in [5.41, 5.74) is 5.79. The number of amides is 2. The topological polar surface area (TPSA) is 145 Å². The highest BCUT2D eigenvalue weighted by Gasteiger charge is 2.23. The minimum absolute atomic E-state index is 0.102. The van der Waals surface area contributed by atoms with Crippen molar-refractivity contribution in [2.45, 2.75) is 37.9 Å². The molecule has 0 saturated carbocycles. The van der Waals surface area contributed by atoms with Gasteiger partial charge in [0.15, 0.2) is 0 Å². The van der Waals surface area contributed by atoms with Crippen LogP contribution < -0.4 is 26.8 Å². The van der Waals surface area contributed by atoms with E-state index in [2.05, 4.69) is 31.2 Å². The highest BCUT2D eigenvalue weighted by molar-refractivity contribution is 7.84. The van der Waals surface area contributed by atoms with E-state index in [-0.39, 0.29) is 30.5 Å². The van der Waals surface area contributed by atoms with Crippen molar-refractivity contribution in [3.8, 4) is 0 Å². The summed E-state index contributed by atoms with van der Waals surface area (Å²) in [6, 6.07) is 13.4. The normalized spacial score (nSPS) is 16.8. The molecule has 2 aliphatic heterocycles. The number of anilines is 2. The highest BCUT2D eigenvalue weighted by atomic mass is 32.2. The fourth-order valence-electron chi connectivity index (χ4n) is 4.96. The van der Waals surface area contributed by atoms with Crippen molar-refractivity contribution in [1.82, 2.24) is 20.6 Å². The summed E-state index contributed by atoms with van der Waals surface area (Å²) >= 11 is 0. The third-order valence-corrected chi connectivity index (χ3v) is 7.98. The molecule has 0 radical (unpaired) electrons. The van der Waals surface area contributed by atoms with Gasteiger partial charge in [0.05, 0.1) is 34.6 Å². The summed E-state index contributed by atoms with van der Waals surface area (Å²) in [6.07, 6.45) is 2.93. The molecule has 2 aliphatic rings. The average Bonchev–Trinajstić information content (AvgIpc) is 2.91. The van der Waals surface area contributed by atoms with Gasteiger partial charge in [-0.25, -0.2) is 4.98 Å². The van der Waals surface area contributed by atoms with Gasteiger partial charge in [-0.1, -0.05) is 12.1 Å². The van der Waals surface area contributed by atoms with Gasteiger partial charge in [0, 0.05) is 35.6 Å². The minimum atomic E-state index is -1.30. The number of nitrogens with zero attached hydrogens (tertiary/aromatic N) is 1. The van der Waals surface area contributed by atoms with Crippen LogP contribution in [-0.4, -0.2) is 38.8 Å². The molecule has 11 heteroatoms. The van der Waals surface area contributed by atoms with Crippen LogP contribution in [0, 0.1) is 13.8 Å². The second kappa shape index (κ2) is 11.4. The van der Waals surface area contributed by atoms with Crippen molar-refractivity contribution in [2.75, 3.05) is 23.4 Å². The lowest BCUT2D eigenvalue weighted by Gasteiger charge is -2.23. The Morgan fingerprint density at radius 2 is 1.73 bits per heavy atom. The van der Waals surface area contributed by atoms with E-state index < -0.39 is 16.8 Å². The SMILES string of the molecule is Cc1cc2cc(C)c1CNCC(=O)Nc1ccc(S(C)=O)c(c1)CNC(=O)C2Nc1ccc2nc[nH]c(=O)c2c1. The lowest BCUT2D eigenvalue weighted by molar-refractivity contribution is -0.122. The summed E-state index contributed by atoms with van der Waals surface area (Å²) in [5, 5.41) is 12.8. The van der Waals surface area contributed by atoms with E-state index in [1.807, 2.05) is 26.0 Å². The Hall–Kier alpha value is -4.35. The second-order valence-corrected chi connectivity index (χ2v) is 11.2. The van der Waals surface area contributed by atoms with Gasteiger partial charge in [-0.2, -0.15) is 0 Å². The highest BCUT2D eigenvalue weighted by Crippen LogP contribution is 2.27. The monoisotopic (exact) mass is 558 g/mol. The van der Waals surface area contributed by atoms with Gasteiger partial charge in [0.1, 0.15) is 6.04 Å². The quantitative estimate of drug-likeness (QED) is 0.260. The maximum absolute atomic E-state index is 13.8. The third kappa shape index (κ3) is 5.80. The summed E-state index contributed by atoms with van der Waals surface area (Å²) in [7, 11) is -1.30. The van der Waals surface area contributed by atoms with Crippen molar-refractivity contribution >= 4 is 44.9 Å². The van der Waals surface area contributed by atoms with E-state index in [9.17, 15) is 18.6 Å². The van der Waals surface area contributed by atoms with E-state index in [0.717, 1.165) is 22.3 Å². The van der Waals surface area contributed by atoms with E-state index in [1.165, 1.54) is 6.33 Å². The molecule has 2 unspecified atom stereocenters. The van der Waals surface area contributed by atoms with Gasteiger partial charge in [0.25, 0.3) is 5.56 Å². The number of benzene rings is 3. The van der Waals surface area contributed by atoms with Crippen molar-refractivity contribution in [3.05, 3.63) is 93.0 Å². The Morgan fingerprint density at radius 1 is 0.950 bits per heavy atom. The zero-order valence-electron chi connectivity index (χ0n) is 22.4. The van der Waals surface area contributed by atoms with Gasteiger partial charge >= 0.3 is 0 Å². The van der Waals surface area contributed by atoms with Crippen molar-refractivity contribution in [2.24, 2.45) is 0 Å². The Morgan fingerprint density at radius 3 is 2.48 bits per heavy atom. The van der Waals surface area contributed by atoms with Gasteiger partial charge in [0.2, 0.25) is 11.8 Å². The minimum Gasteiger partial charge on any atom is -0.370 e. The predicted octanol–water partition coefficient (Wildman–Crippen LogP) is 2.79. The molecule has 3 heterocycles. The molecule has 4 aromatic rings. The summed E-state index contributed by atoms with van der Waals surface area (Å²) in [4.78, 5) is 46.1. The lowest BCUT2D eigenvalue weighted by atomic mass is 9.95. The number of aryl methyl sites for hydroxylation is 2. The van der Waals surface area contributed by atoms with Gasteiger partial charge in [-0.05, 0) is 78.1 Å². The van der Waals surface area contributed by atoms with Crippen LogP contribution in [0.1, 0.15) is 33.9 Å². The predicted molar refractivity (Wildman–Crippen MR) is 156 cm³/mol. The first-order valence-electron chi connectivity index (χ1n) is 12.8. The van der Waals surface area contributed by atoms with Crippen LogP contribution in [0.25, 0.3) is 10.9 Å². The number of hydrogen-bond donors (Lipinski definition) is 5. The first kappa shape index (κ1) is 27.2. The van der Waals surface area contributed by atoms with E-state index >= 15 is 0 Å². The molecule has 10 nitrogen and oxygen atoms in total. The average molecular weight is 559 g/mol. The summed E-state index contributed by atoms with van der Waals surface area (Å²) in [5.74, 6) is -0.507. The number of H-pyrrole nitrogens is 1. The molecular formula is C29H30N6O4S. The molecule has 3 aromatic carbocycles. The third-order valence-electron chi connectivity index (χ3n) is 6.96. The molecule has 2 atom stereocenters. The first-order valence-corrected chi connectivity index (χ1v) is 14.3. The largest absolute Gasteiger partial charge is 0.370 e. The molecular weight excluding hydrogens is 528 g/mol. The maximum atomic E-state index is 13.8. The molecule has 206 valence electrons. The number of carbonyl (C=O) groups excluding carboxylic acids is 2. The summed E-state index contributed by atoms with van der Waals surface area (Å²) < 4.78 is 12.4. The first-order chi connectivity index (χ1) is 19.2. The molecule has 0 aliphatic carbocycles. The van der Waals surface area contributed by atoms with Crippen LogP contribution in [-0.2, 0) is 33.5 Å². The van der Waals surface area contributed by atoms with Crippen molar-refractivity contribution in [3.63, 3.8) is 0 Å². The number of aromatic nitrogens is 2. The van der Waals surface area contributed by atoms with E-state index in [0.29, 0.717) is 39.3 Å². The number of aromatic amines is 1. The Bertz CT molecular complexity index is 1690. The van der Waals surface area contributed by atoms with Crippen LogP contribution in [0.4, 0.5) is 11.4 Å².